The lowest BCUT2D eigenvalue weighted by Crippen LogP contribution is -2.20. The molecule has 0 radical (unpaired) electrons. The number of amides is 1. The van der Waals surface area contributed by atoms with Crippen LogP contribution in [0.4, 0.5) is 5.82 Å². The minimum atomic E-state index is -0.247. The Morgan fingerprint density at radius 2 is 1.76 bits per heavy atom. The van der Waals surface area contributed by atoms with E-state index in [0.29, 0.717) is 11.6 Å². The van der Waals surface area contributed by atoms with Crippen LogP contribution < -0.4 is 10.1 Å². The van der Waals surface area contributed by atoms with Crippen molar-refractivity contribution in [2.45, 2.75) is 20.8 Å². The molecule has 0 unspecified atom stereocenters. The van der Waals surface area contributed by atoms with Crippen LogP contribution in [-0.4, -0.2) is 22.7 Å². The average molecular weight is 335 g/mol. The number of nitrogens with one attached hydrogen (secondary N) is 2. The number of H-pyrrole nitrogens is 1. The summed E-state index contributed by atoms with van der Waals surface area (Å²) in [4.78, 5) is 12.3. The number of ether oxygens (including phenoxy) is 1. The molecule has 0 saturated heterocycles. The van der Waals surface area contributed by atoms with Crippen molar-refractivity contribution >= 4 is 11.7 Å². The van der Waals surface area contributed by atoms with Crippen molar-refractivity contribution in [1.29, 1.82) is 0 Å². The molecule has 1 heterocycles. The molecular formula is C20H21N3O2. The van der Waals surface area contributed by atoms with Crippen molar-refractivity contribution in [2.24, 2.45) is 0 Å². The topological polar surface area (TPSA) is 67.0 Å². The predicted octanol–water partition coefficient (Wildman–Crippen LogP) is 4.02. The van der Waals surface area contributed by atoms with Gasteiger partial charge in [0.2, 0.25) is 0 Å². The zero-order valence-electron chi connectivity index (χ0n) is 14.6. The van der Waals surface area contributed by atoms with Crippen LogP contribution in [-0.2, 0) is 4.79 Å². The largest absolute Gasteiger partial charge is 0.484 e. The molecule has 0 saturated carbocycles. The molecule has 3 aromatic rings. The van der Waals surface area contributed by atoms with E-state index < -0.39 is 0 Å². The summed E-state index contributed by atoms with van der Waals surface area (Å²) in [6, 6.07) is 15.7. The molecule has 0 aliphatic carbocycles. The van der Waals surface area contributed by atoms with E-state index in [2.05, 4.69) is 21.6 Å². The van der Waals surface area contributed by atoms with Gasteiger partial charge in [0.05, 0.1) is 0 Å². The minimum absolute atomic E-state index is 0.0664. The maximum absolute atomic E-state index is 12.3. The van der Waals surface area contributed by atoms with E-state index in [4.69, 9.17) is 4.74 Å². The summed E-state index contributed by atoms with van der Waals surface area (Å²) in [6.45, 7) is 5.86. The number of aryl methyl sites for hydroxylation is 3. The first-order valence-corrected chi connectivity index (χ1v) is 8.14. The van der Waals surface area contributed by atoms with Gasteiger partial charge in [0.25, 0.3) is 5.91 Å². The molecule has 0 atom stereocenters. The first-order chi connectivity index (χ1) is 12.0. The molecule has 5 nitrogen and oxygen atoms in total. The smallest absolute Gasteiger partial charge is 0.263 e. The van der Waals surface area contributed by atoms with Crippen LogP contribution in [0, 0.1) is 20.8 Å². The molecule has 25 heavy (non-hydrogen) atoms. The molecule has 128 valence electrons. The molecule has 2 aromatic carbocycles. The number of aromatic amines is 1. The summed E-state index contributed by atoms with van der Waals surface area (Å²) in [6.07, 6.45) is 0. The average Bonchev–Trinajstić information content (AvgIpc) is 2.93. The van der Waals surface area contributed by atoms with Gasteiger partial charge in [-0.25, -0.2) is 0 Å². The summed E-state index contributed by atoms with van der Waals surface area (Å²) in [5.41, 5.74) is 4.99. The third-order valence-electron chi connectivity index (χ3n) is 3.83. The van der Waals surface area contributed by atoms with Crippen molar-refractivity contribution in [2.75, 3.05) is 11.9 Å². The second-order valence-corrected chi connectivity index (χ2v) is 6.10. The Hall–Kier alpha value is -3.08. The Kier molecular flexibility index (Phi) is 4.84. The van der Waals surface area contributed by atoms with E-state index in [1.165, 1.54) is 0 Å². The zero-order chi connectivity index (χ0) is 17.8. The third kappa shape index (κ3) is 4.07. The highest BCUT2D eigenvalue weighted by Crippen LogP contribution is 2.29. The second-order valence-electron chi connectivity index (χ2n) is 6.10. The fraction of sp³-hybridized carbons (Fsp3) is 0.200. The van der Waals surface area contributed by atoms with Gasteiger partial charge in [-0.05, 0) is 49.6 Å². The van der Waals surface area contributed by atoms with Gasteiger partial charge < -0.3 is 10.1 Å². The van der Waals surface area contributed by atoms with Crippen LogP contribution >= 0.6 is 0 Å². The van der Waals surface area contributed by atoms with Gasteiger partial charge >= 0.3 is 0 Å². The lowest BCUT2D eigenvalue weighted by atomic mass is 10.1. The normalized spacial score (nSPS) is 10.5. The van der Waals surface area contributed by atoms with Gasteiger partial charge in [-0.15, -0.1) is 0 Å². The molecule has 1 amide bonds. The van der Waals surface area contributed by atoms with E-state index in [9.17, 15) is 4.79 Å². The number of rotatable bonds is 5. The van der Waals surface area contributed by atoms with Gasteiger partial charge in [-0.3, -0.25) is 9.89 Å². The van der Waals surface area contributed by atoms with E-state index in [1.807, 2.05) is 63.2 Å². The molecule has 3 rings (SSSR count). The molecule has 2 N–H and O–H groups in total. The number of hydrogen-bond acceptors (Lipinski definition) is 3. The van der Waals surface area contributed by atoms with Gasteiger partial charge in [-0.2, -0.15) is 5.10 Å². The van der Waals surface area contributed by atoms with Crippen molar-refractivity contribution in [3.8, 4) is 16.9 Å². The second kappa shape index (κ2) is 7.21. The highest BCUT2D eigenvalue weighted by atomic mass is 16.5. The first-order valence-electron chi connectivity index (χ1n) is 8.14. The predicted molar refractivity (Wildman–Crippen MR) is 98.8 cm³/mol. The van der Waals surface area contributed by atoms with E-state index in [-0.39, 0.29) is 12.5 Å². The molecule has 0 spiro atoms. The molecule has 0 bridgehead atoms. The summed E-state index contributed by atoms with van der Waals surface area (Å²) in [7, 11) is 0. The summed E-state index contributed by atoms with van der Waals surface area (Å²) in [5.74, 6) is 0.953. The van der Waals surface area contributed by atoms with E-state index in [1.54, 1.807) is 0 Å². The molecule has 0 aliphatic rings. The van der Waals surface area contributed by atoms with Gasteiger partial charge in [0, 0.05) is 11.3 Å². The zero-order valence-corrected chi connectivity index (χ0v) is 14.6. The monoisotopic (exact) mass is 335 g/mol. The summed E-state index contributed by atoms with van der Waals surface area (Å²) in [5, 5.41) is 9.95. The standard InChI is InChI=1S/C20H21N3O2/c1-13-9-14(2)11-17(10-13)25-12-18(24)21-20-19(15(3)22-23-20)16-7-5-4-6-8-16/h4-11H,12H2,1-3H3,(H2,21,22,23,24). The number of anilines is 1. The lowest BCUT2D eigenvalue weighted by molar-refractivity contribution is -0.118. The Morgan fingerprint density at radius 1 is 1.08 bits per heavy atom. The maximum Gasteiger partial charge on any atom is 0.263 e. The van der Waals surface area contributed by atoms with Gasteiger partial charge in [-0.1, -0.05) is 36.4 Å². The summed E-state index contributed by atoms with van der Waals surface area (Å²) >= 11 is 0. The quantitative estimate of drug-likeness (QED) is 0.740. The van der Waals surface area contributed by atoms with Crippen molar-refractivity contribution in [1.82, 2.24) is 10.2 Å². The number of carbonyl (C=O) groups is 1. The Morgan fingerprint density at radius 3 is 2.44 bits per heavy atom. The highest BCUT2D eigenvalue weighted by molar-refractivity contribution is 5.95. The summed E-state index contributed by atoms with van der Waals surface area (Å²) < 4.78 is 5.60. The Balaban J connectivity index is 1.70. The molecule has 0 aliphatic heterocycles. The molecule has 5 heteroatoms. The van der Waals surface area contributed by atoms with Crippen LogP contribution in [0.3, 0.4) is 0 Å². The number of nitrogens with zero attached hydrogens (tertiary/aromatic N) is 1. The van der Waals surface area contributed by atoms with Gasteiger partial charge in [0.15, 0.2) is 12.4 Å². The van der Waals surface area contributed by atoms with Crippen LogP contribution in [0.15, 0.2) is 48.5 Å². The minimum Gasteiger partial charge on any atom is -0.484 e. The van der Waals surface area contributed by atoms with Crippen LogP contribution in [0.5, 0.6) is 5.75 Å². The van der Waals surface area contributed by atoms with Gasteiger partial charge in [0.1, 0.15) is 5.75 Å². The highest BCUT2D eigenvalue weighted by Gasteiger charge is 2.15. The lowest BCUT2D eigenvalue weighted by Gasteiger charge is -2.09. The molecule has 1 aromatic heterocycles. The fourth-order valence-electron chi connectivity index (χ4n) is 2.81. The van der Waals surface area contributed by atoms with Crippen molar-refractivity contribution in [3.05, 3.63) is 65.4 Å². The number of hydrogen-bond donors (Lipinski definition) is 2. The van der Waals surface area contributed by atoms with E-state index in [0.717, 1.165) is 27.9 Å². The van der Waals surface area contributed by atoms with Crippen molar-refractivity contribution < 1.29 is 9.53 Å². The number of carbonyl (C=O) groups excluding carboxylic acids is 1. The molecular weight excluding hydrogens is 314 g/mol. The fourth-order valence-corrected chi connectivity index (χ4v) is 2.81. The number of benzene rings is 2. The Bertz CT molecular complexity index is 865. The first kappa shape index (κ1) is 16.8. The third-order valence-corrected chi connectivity index (χ3v) is 3.83. The van der Waals surface area contributed by atoms with Crippen LogP contribution in [0.25, 0.3) is 11.1 Å². The van der Waals surface area contributed by atoms with Crippen LogP contribution in [0.2, 0.25) is 0 Å². The van der Waals surface area contributed by atoms with Crippen molar-refractivity contribution in [3.63, 3.8) is 0 Å². The van der Waals surface area contributed by atoms with E-state index >= 15 is 0 Å². The molecule has 0 fully saturated rings. The van der Waals surface area contributed by atoms with Crippen LogP contribution in [0.1, 0.15) is 16.8 Å². The number of aromatic nitrogens is 2. The maximum atomic E-state index is 12.3. The Labute approximate surface area is 147 Å². The SMILES string of the molecule is Cc1cc(C)cc(OCC(=O)Nc2n[nH]c(C)c2-c2ccccc2)c1.